The average Bonchev–Trinajstić information content (AvgIpc) is 2.70. The van der Waals surface area contributed by atoms with Gasteiger partial charge < -0.3 is 0 Å². The van der Waals surface area contributed by atoms with Gasteiger partial charge in [0.25, 0.3) is 5.56 Å². The average molecular weight is 259 g/mol. The van der Waals surface area contributed by atoms with E-state index in [0.717, 1.165) is 22.7 Å². The molecule has 1 aliphatic heterocycles. The second-order valence-electron chi connectivity index (χ2n) is 4.17. The van der Waals surface area contributed by atoms with Crippen LogP contribution in [0.25, 0.3) is 16.4 Å². The fraction of sp³-hybridized carbons (Fsp3) is 0.273. The number of hydrogen-bond donors (Lipinski definition) is 0. The number of rotatable bonds is 0. The van der Waals surface area contributed by atoms with Gasteiger partial charge in [0.05, 0.1) is 10.8 Å². The first-order chi connectivity index (χ1) is 8.86. The second kappa shape index (κ2) is 3.55. The fourth-order valence-corrected chi connectivity index (χ4v) is 3.17. The topological polar surface area (TPSA) is 65.1 Å². The summed E-state index contributed by atoms with van der Waals surface area (Å²) in [5.41, 5.74) is 0.713. The highest BCUT2D eigenvalue weighted by Gasteiger charge is 2.18. The summed E-state index contributed by atoms with van der Waals surface area (Å²) < 4.78 is 3.55. The Balaban J connectivity index is 2.32. The number of aromatic nitrogens is 5. The number of fused-ring (bicyclic) bond motifs is 2. The van der Waals surface area contributed by atoms with Gasteiger partial charge in [-0.25, -0.2) is 9.20 Å². The van der Waals surface area contributed by atoms with Gasteiger partial charge >= 0.3 is 0 Å². The van der Waals surface area contributed by atoms with Crippen LogP contribution in [-0.2, 0) is 6.54 Å². The van der Waals surface area contributed by atoms with Crippen LogP contribution in [0.5, 0.6) is 0 Å². The molecule has 0 amide bonds. The van der Waals surface area contributed by atoms with Gasteiger partial charge in [0.1, 0.15) is 0 Å². The largest absolute Gasteiger partial charge is 0.273 e. The molecule has 0 bridgehead atoms. The monoisotopic (exact) mass is 259 g/mol. The number of hydrogen-bond acceptors (Lipinski definition) is 5. The van der Waals surface area contributed by atoms with Gasteiger partial charge in [-0.1, -0.05) is 11.8 Å². The number of pyridine rings is 1. The molecule has 18 heavy (non-hydrogen) atoms. The highest BCUT2D eigenvalue weighted by molar-refractivity contribution is 7.99. The predicted molar refractivity (Wildman–Crippen MR) is 67.9 cm³/mol. The van der Waals surface area contributed by atoms with Crippen LogP contribution in [0.1, 0.15) is 6.42 Å². The molecule has 0 fully saturated rings. The summed E-state index contributed by atoms with van der Waals surface area (Å²) in [4.78, 5) is 16.5. The van der Waals surface area contributed by atoms with Gasteiger partial charge in [0.15, 0.2) is 5.65 Å². The lowest BCUT2D eigenvalue weighted by Crippen LogP contribution is -2.26. The molecule has 0 aliphatic carbocycles. The van der Waals surface area contributed by atoms with Crippen LogP contribution in [0.3, 0.4) is 0 Å². The quantitative estimate of drug-likeness (QED) is 0.601. The number of thioether (sulfide) groups is 1. The zero-order valence-electron chi connectivity index (χ0n) is 9.41. The molecule has 1 aliphatic rings. The van der Waals surface area contributed by atoms with Gasteiger partial charge in [-0.15, -0.1) is 10.2 Å². The van der Waals surface area contributed by atoms with E-state index in [1.165, 1.54) is 0 Å². The van der Waals surface area contributed by atoms with E-state index in [2.05, 4.69) is 15.2 Å². The van der Waals surface area contributed by atoms with E-state index in [1.54, 1.807) is 34.9 Å². The summed E-state index contributed by atoms with van der Waals surface area (Å²) in [5.74, 6) is 0.955. The van der Waals surface area contributed by atoms with Crippen molar-refractivity contribution in [1.29, 1.82) is 0 Å². The van der Waals surface area contributed by atoms with E-state index in [4.69, 9.17) is 0 Å². The lowest BCUT2D eigenvalue weighted by Gasteiger charge is -2.08. The predicted octanol–water partition coefficient (Wildman–Crippen LogP) is 0.935. The van der Waals surface area contributed by atoms with E-state index in [0.29, 0.717) is 17.6 Å². The summed E-state index contributed by atoms with van der Waals surface area (Å²) in [6, 6.07) is 1.74. The zero-order valence-corrected chi connectivity index (χ0v) is 10.2. The Bertz CT molecular complexity index is 821. The molecule has 0 aromatic carbocycles. The van der Waals surface area contributed by atoms with Crippen molar-refractivity contribution >= 4 is 28.2 Å². The molecule has 6 nitrogen and oxygen atoms in total. The Hall–Kier alpha value is -1.89. The van der Waals surface area contributed by atoms with Crippen LogP contribution in [0, 0.1) is 0 Å². The third-order valence-electron chi connectivity index (χ3n) is 3.13. The Morgan fingerprint density at radius 3 is 3.17 bits per heavy atom. The van der Waals surface area contributed by atoms with Crippen molar-refractivity contribution in [2.75, 3.05) is 5.75 Å². The highest BCUT2D eigenvalue weighted by Crippen LogP contribution is 2.23. The zero-order chi connectivity index (χ0) is 12.1. The van der Waals surface area contributed by atoms with E-state index in [9.17, 15) is 4.79 Å². The Kier molecular flexibility index (Phi) is 1.99. The van der Waals surface area contributed by atoms with Crippen molar-refractivity contribution in [3.05, 3.63) is 28.8 Å². The summed E-state index contributed by atoms with van der Waals surface area (Å²) in [6.07, 6.45) is 4.27. The molecular formula is C11H9N5OS. The van der Waals surface area contributed by atoms with Crippen molar-refractivity contribution in [3.8, 4) is 0 Å². The van der Waals surface area contributed by atoms with Gasteiger partial charge in [0.2, 0.25) is 5.16 Å². The summed E-state index contributed by atoms with van der Waals surface area (Å²) >= 11 is 1.64. The maximum absolute atomic E-state index is 12.5. The number of nitrogens with zero attached hydrogens (tertiary/aromatic N) is 5. The molecule has 0 radical (unpaired) electrons. The van der Waals surface area contributed by atoms with Gasteiger partial charge in [-0.2, -0.15) is 0 Å². The van der Waals surface area contributed by atoms with Crippen molar-refractivity contribution in [2.24, 2.45) is 0 Å². The SMILES string of the molecule is O=c1c2ccncc2c2nnc3n2n1CCCS3. The van der Waals surface area contributed by atoms with Gasteiger partial charge in [0, 0.05) is 24.7 Å². The first kappa shape index (κ1) is 10.1. The maximum atomic E-state index is 12.5. The fourth-order valence-electron chi connectivity index (χ4n) is 2.31. The van der Waals surface area contributed by atoms with Crippen molar-refractivity contribution < 1.29 is 0 Å². The molecular weight excluding hydrogens is 250 g/mol. The van der Waals surface area contributed by atoms with Crippen LogP contribution < -0.4 is 5.56 Å². The normalized spacial score (nSPS) is 15.1. The molecule has 0 saturated carbocycles. The molecule has 3 aromatic rings. The van der Waals surface area contributed by atoms with Crippen molar-refractivity contribution in [3.63, 3.8) is 0 Å². The van der Waals surface area contributed by atoms with Gasteiger partial charge in [-0.05, 0) is 12.5 Å². The van der Waals surface area contributed by atoms with Crippen LogP contribution in [0.2, 0.25) is 0 Å². The summed E-state index contributed by atoms with van der Waals surface area (Å²) in [7, 11) is 0. The van der Waals surface area contributed by atoms with E-state index in [-0.39, 0.29) is 5.56 Å². The molecule has 0 atom stereocenters. The smallest absolute Gasteiger partial charge is 0.267 e. The van der Waals surface area contributed by atoms with Crippen LogP contribution in [0.4, 0.5) is 0 Å². The Morgan fingerprint density at radius 1 is 1.28 bits per heavy atom. The summed E-state index contributed by atoms with van der Waals surface area (Å²) in [6.45, 7) is 0.700. The molecule has 0 spiro atoms. The maximum Gasteiger partial charge on any atom is 0.273 e. The molecule has 7 heteroatoms. The molecule has 0 saturated heterocycles. The third-order valence-corrected chi connectivity index (χ3v) is 4.13. The van der Waals surface area contributed by atoms with Gasteiger partial charge in [-0.3, -0.25) is 9.78 Å². The second-order valence-corrected chi connectivity index (χ2v) is 5.23. The summed E-state index contributed by atoms with van der Waals surface area (Å²) in [5, 5.41) is 10.6. The molecule has 3 aromatic heterocycles. The molecule has 4 heterocycles. The van der Waals surface area contributed by atoms with E-state index >= 15 is 0 Å². The Labute approximate surface area is 106 Å². The number of aryl methyl sites for hydroxylation is 1. The molecule has 0 N–H and O–H groups in total. The molecule has 0 unspecified atom stereocenters. The van der Waals surface area contributed by atoms with Crippen LogP contribution >= 0.6 is 11.8 Å². The third kappa shape index (κ3) is 1.19. The molecule has 4 rings (SSSR count). The first-order valence-electron chi connectivity index (χ1n) is 5.71. The minimum atomic E-state index is 0.00319. The Morgan fingerprint density at radius 2 is 2.22 bits per heavy atom. The lowest BCUT2D eigenvalue weighted by atomic mass is 10.2. The lowest BCUT2D eigenvalue weighted by molar-refractivity contribution is 0.528. The van der Waals surface area contributed by atoms with Crippen LogP contribution in [0.15, 0.2) is 28.4 Å². The minimum absolute atomic E-state index is 0.00319. The standard InChI is InChI=1S/C11H9N5OS/c17-10-7-2-3-12-6-8(7)9-13-14-11-16(9)15(10)4-1-5-18-11/h2-3,6H,1,4-5H2. The first-order valence-corrected chi connectivity index (χ1v) is 6.69. The van der Waals surface area contributed by atoms with Crippen molar-refractivity contribution in [2.45, 2.75) is 18.1 Å². The van der Waals surface area contributed by atoms with Crippen LogP contribution in [-0.4, -0.2) is 30.1 Å². The van der Waals surface area contributed by atoms with E-state index in [1.807, 2.05) is 4.52 Å². The van der Waals surface area contributed by atoms with Crippen molar-refractivity contribution in [1.82, 2.24) is 24.4 Å². The molecule has 90 valence electrons. The highest BCUT2D eigenvalue weighted by atomic mass is 32.2. The minimum Gasteiger partial charge on any atom is -0.267 e. The van der Waals surface area contributed by atoms with E-state index < -0.39 is 0 Å².